The summed E-state index contributed by atoms with van der Waals surface area (Å²) in [5.41, 5.74) is 3.40. The Balaban J connectivity index is 1.60. The number of aryl methyl sites for hydroxylation is 1. The van der Waals surface area contributed by atoms with Crippen molar-refractivity contribution in [2.45, 2.75) is 31.9 Å². The minimum absolute atomic E-state index is 0.0426. The Morgan fingerprint density at radius 3 is 2.50 bits per heavy atom. The highest BCUT2D eigenvalue weighted by atomic mass is 35.5. The highest BCUT2D eigenvalue weighted by Crippen LogP contribution is 2.24. The Morgan fingerprint density at radius 2 is 1.79 bits per heavy atom. The van der Waals surface area contributed by atoms with E-state index in [2.05, 4.69) is 36.5 Å². The molecule has 148 valence electrons. The van der Waals surface area contributed by atoms with Crippen molar-refractivity contribution in [1.29, 1.82) is 0 Å². The third kappa shape index (κ3) is 5.76. The molecule has 0 spiro atoms. The molecular weight excluding hydrogens is 392 g/mol. The number of piperidine rings is 1. The van der Waals surface area contributed by atoms with Gasteiger partial charge in [-0.05, 0) is 49.9 Å². The van der Waals surface area contributed by atoms with Crippen molar-refractivity contribution < 1.29 is 9.59 Å². The van der Waals surface area contributed by atoms with Crippen LogP contribution in [0.5, 0.6) is 0 Å². The predicted molar refractivity (Wildman–Crippen MR) is 117 cm³/mol. The lowest BCUT2D eigenvalue weighted by Gasteiger charge is -2.27. The van der Waals surface area contributed by atoms with E-state index in [-0.39, 0.29) is 11.8 Å². The summed E-state index contributed by atoms with van der Waals surface area (Å²) in [4.78, 5) is 27.1. The molecule has 1 N–H and O–H groups in total. The van der Waals surface area contributed by atoms with Crippen LogP contribution in [-0.4, -0.2) is 35.6 Å². The van der Waals surface area contributed by atoms with E-state index in [4.69, 9.17) is 11.6 Å². The van der Waals surface area contributed by atoms with Gasteiger partial charge in [0.25, 0.3) is 5.91 Å². The SMILES string of the molecule is Cc1ccc(CSCC(=O)Nc2cc(Cl)ccc2C(=O)N2CCCCC2)cc1. The molecule has 0 unspecified atom stereocenters. The Morgan fingerprint density at radius 1 is 1.07 bits per heavy atom. The summed E-state index contributed by atoms with van der Waals surface area (Å²) in [6.45, 7) is 3.58. The average molecular weight is 417 g/mol. The number of likely N-dealkylation sites (tertiary alicyclic amines) is 1. The van der Waals surface area contributed by atoms with Crippen molar-refractivity contribution in [3.8, 4) is 0 Å². The molecule has 28 heavy (non-hydrogen) atoms. The van der Waals surface area contributed by atoms with Crippen molar-refractivity contribution in [3.05, 3.63) is 64.2 Å². The van der Waals surface area contributed by atoms with E-state index in [1.807, 2.05) is 4.90 Å². The Labute approximate surface area is 175 Å². The van der Waals surface area contributed by atoms with Gasteiger partial charge in [0.15, 0.2) is 0 Å². The van der Waals surface area contributed by atoms with E-state index in [1.165, 1.54) is 11.1 Å². The van der Waals surface area contributed by atoms with Gasteiger partial charge in [0.2, 0.25) is 5.91 Å². The minimum atomic E-state index is -0.132. The molecule has 4 nitrogen and oxygen atoms in total. The first kappa shape index (κ1) is 20.7. The lowest BCUT2D eigenvalue weighted by Crippen LogP contribution is -2.36. The fraction of sp³-hybridized carbons (Fsp3) is 0.364. The summed E-state index contributed by atoms with van der Waals surface area (Å²) in [5.74, 6) is 0.909. The molecule has 2 aromatic rings. The van der Waals surface area contributed by atoms with Gasteiger partial charge >= 0.3 is 0 Å². The largest absolute Gasteiger partial charge is 0.339 e. The number of hydrogen-bond acceptors (Lipinski definition) is 3. The molecular formula is C22H25ClN2O2S. The number of carbonyl (C=O) groups excluding carboxylic acids is 2. The smallest absolute Gasteiger partial charge is 0.255 e. The molecule has 0 atom stereocenters. The van der Waals surface area contributed by atoms with Crippen molar-refractivity contribution in [2.75, 3.05) is 24.2 Å². The Kier molecular flexibility index (Phi) is 7.40. The van der Waals surface area contributed by atoms with Crippen LogP contribution in [0.3, 0.4) is 0 Å². The normalized spacial score (nSPS) is 14.0. The Hall–Kier alpha value is -1.98. The second-order valence-electron chi connectivity index (χ2n) is 7.07. The van der Waals surface area contributed by atoms with Crippen LogP contribution >= 0.6 is 23.4 Å². The van der Waals surface area contributed by atoms with Crippen LogP contribution in [0.4, 0.5) is 5.69 Å². The molecule has 1 saturated heterocycles. The molecule has 0 radical (unpaired) electrons. The molecule has 0 aromatic heterocycles. The first-order valence-electron chi connectivity index (χ1n) is 9.55. The first-order chi connectivity index (χ1) is 13.5. The summed E-state index contributed by atoms with van der Waals surface area (Å²) in [6.07, 6.45) is 3.21. The quantitative estimate of drug-likeness (QED) is 0.708. The van der Waals surface area contributed by atoms with Crippen LogP contribution in [0.1, 0.15) is 40.7 Å². The zero-order valence-corrected chi connectivity index (χ0v) is 17.6. The van der Waals surface area contributed by atoms with E-state index < -0.39 is 0 Å². The molecule has 0 saturated carbocycles. The number of nitrogens with one attached hydrogen (secondary N) is 1. The highest BCUT2D eigenvalue weighted by molar-refractivity contribution is 7.99. The van der Waals surface area contributed by atoms with Crippen molar-refractivity contribution >= 4 is 40.9 Å². The lowest BCUT2D eigenvalue weighted by atomic mass is 10.1. The van der Waals surface area contributed by atoms with Crippen LogP contribution in [0.2, 0.25) is 5.02 Å². The number of rotatable bonds is 6. The minimum Gasteiger partial charge on any atom is -0.339 e. The molecule has 3 rings (SSSR count). The topological polar surface area (TPSA) is 49.4 Å². The van der Waals surface area contributed by atoms with E-state index in [0.29, 0.717) is 22.0 Å². The van der Waals surface area contributed by atoms with Gasteiger partial charge in [-0.1, -0.05) is 41.4 Å². The van der Waals surface area contributed by atoms with Gasteiger partial charge < -0.3 is 10.2 Å². The maximum atomic E-state index is 12.9. The van der Waals surface area contributed by atoms with Crippen molar-refractivity contribution in [2.24, 2.45) is 0 Å². The summed E-state index contributed by atoms with van der Waals surface area (Å²) < 4.78 is 0. The van der Waals surface area contributed by atoms with Crippen LogP contribution in [-0.2, 0) is 10.5 Å². The van der Waals surface area contributed by atoms with Crippen molar-refractivity contribution in [1.82, 2.24) is 4.90 Å². The molecule has 1 aliphatic rings. The van der Waals surface area contributed by atoms with Gasteiger partial charge in [0, 0.05) is 23.9 Å². The number of anilines is 1. The van der Waals surface area contributed by atoms with Crippen molar-refractivity contribution in [3.63, 3.8) is 0 Å². The molecule has 0 bridgehead atoms. The summed E-state index contributed by atoms with van der Waals surface area (Å²) in [7, 11) is 0. The van der Waals surface area contributed by atoms with Gasteiger partial charge in [0.1, 0.15) is 0 Å². The molecule has 1 aliphatic heterocycles. The maximum Gasteiger partial charge on any atom is 0.255 e. The van der Waals surface area contributed by atoms with E-state index in [9.17, 15) is 9.59 Å². The van der Waals surface area contributed by atoms with Gasteiger partial charge in [0.05, 0.1) is 17.0 Å². The zero-order valence-electron chi connectivity index (χ0n) is 16.0. The highest BCUT2D eigenvalue weighted by Gasteiger charge is 2.21. The second kappa shape index (κ2) is 9.99. The lowest BCUT2D eigenvalue weighted by molar-refractivity contribution is -0.113. The number of thioether (sulfide) groups is 1. The molecule has 1 fully saturated rings. The van der Waals surface area contributed by atoms with Crippen LogP contribution in [0.25, 0.3) is 0 Å². The zero-order chi connectivity index (χ0) is 19.9. The number of halogens is 1. The monoisotopic (exact) mass is 416 g/mol. The number of carbonyl (C=O) groups is 2. The van der Waals surface area contributed by atoms with Gasteiger partial charge in [-0.2, -0.15) is 0 Å². The van der Waals surface area contributed by atoms with Gasteiger partial charge in [-0.3, -0.25) is 9.59 Å². The second-order valence-corrected chi connectivity index (χ2v) is 8.49. The van der Waals surface area contributed by atoms with E-state index >= 15 is 0 Å². The summed E-state index contributed by atoms with van der Waals surface area (Å²) >= 11 is 7.65. The fourth-order valence-electron chi connectivity index (χ4n) is 3.21. The first-order valence-corrected chi connectivity index (χ1v) is 11.1. The number of hydrogen-bond donors (Lipinski definition) is 1. The molecule has 0 aliphatic carbocycles. The number of amides is 2. The summed E-state index contributed by atoms with van der Waals surface area (Å²) in [5, 5.41) is 3.37. The third-order valence-corrected chi connectivity index (χ3v) is 5.99. The van der Waals surface area contributed by atoms with E-state index in [0.717, 1.165) is 38.1 Å². The van der Waals surface area contributed by atoms with Crippen LogP contribution in [0.15, 0.2) is 42.5 Å². The Bertz CT molecular complexity index is 833. The maximum absolute atomic E-state index is 12.9. The summed E-state index contributed by atoms with van der Waals surface area (Å²) in [6, 6.07) is 13.3. The molecule has 6 heteroatoms. The van der Waals surface area contributed by atoms with Crippen LogP contribution in [0, 0.1) is 6.92 Å². The van der Waals surface area contributed by atoms with E-state index in [1.54, 1.807) is 30.0 Å². The van der Waals surface area contributed by atoms with Crippen LogP contribution < -0.4 is 5.32 Å². The fourth-order valence-corrected chi connectivity index (χ4v) is 4.17. The predicted octanol–water partition coefficient (Wildman–Crippen LogP) is 5.15. The number of benzene rings is 2. The molecule has 2 aromatic carbocycles. The standard InChI is InChI=1S/C22H25ClN2O2S/c1-16-5-7-17(8-6-16)14-28-15-21(26)24-20-13-18(23)9-10-19(20)22(27)25-11-3-2-4-12-25/h5-10,13H,2-4,11-12,14-15H2,1H3,(H,24,26). The average Bonchev–Trinajstić information content (AvgIpc) is 2.70. The van der Waals surface area contributed by atoms with Gasteiger partial charge in [-0.25, -0.2) is 0 Å². The molecule has 1 heterocycles. The van der Waals surface area contributed by atoms with Gasteiger partial charge in [-0.15, -0.1) is 11.8 Å². The molecule has 2 amide bonds. The third-order valence-electron chi connectivity index (χ3n) is 4.75. The number of nitrogens with zero attached hydrogens (tertiary/aromatic N) is 1.